The van der Waals surface area contributed by atoms with E-state index in [1.807, 2.05) is 77.5 Å². The van der Waals surface area contributed by atoms with Gasteiger partial charge in [0.25, 0.3) is 0 Å². The SMILES string of the molecule is O=C(CC(c1ccccc1)c1cnc2ccc(Cl)cn12)NCCc1ccccn1. The van der Waals surface area contributed by atoms with E-state index in [4.69, 9.17) is 11.6 Å². The lowest BCUT2D eigenvalue weighted by Gasteiger charge is -2.17. The number of fused-ring (bicyclic) bond motifs is 1. The van der Waals surface area contributed by atoms with Crippen LogP contribution in [0.4, 0.5) is 0 Å². The maximum absolute atomic E-state index is 12.7. The van der Waals surface area contributed by atoms with Crippen LogP contribution in [0.15, 0.2) is 79.3 Å². The van der Waals surface area contributed by atoms with Crippen molar-refractivity contribution >= 4 is 23.2 Å². The molecule has 0 aliphatic carbocycles. The number of rotatable bonds is 7. The molecule has 1 aromatic carbocycles. The first kappa shape index (κ1) is 19.2. The van der Waals surface area contributed by atoms with E-state index in [1.54, 1.807) is 6.20 Å². The molecule has 3 heterocycles. The van der Waals surface area contributed by atoms with E-state index >= 15 is 0 Å². The summed E-state index contributed by atoms with van der Waals surface area (Å²) in [7, 11) is 0. The quantitative estimate of drug-likeness (QED) is 0.500. The lowest BCUT2D eigenvalue weighted by Crippen LogP contribution is -2.27. The molecule has 0 spiro atoms. The van der Waals surface area contributed by atoms with Crippen molar-refractivity contribution in [2.75, 3.05) is 6.54 Å². The lowest BCUT2D eigenvalue weighted by molar-refractivity contribution is -0.121. The zero-order chi connectivity index (χ0) is 20.1. The van der Waals surface area contributed by atoms with Gasteiger partial charge in [-0.25, -0.2) is 4.98 Å². The Morgan fingerprint density at radius 2 is 1.86 bits per heavy atom. The molecule has 1 amide bonds. The van der Waals surface area contributed by atoms with Crippen molar-refractivity contribution in [2.24, 2.45) is 0 Å². The smallest absolute Gasteiger partial charge is 0.221 e. The number of imidazole rings is 1. The van der Waals surface area contributed by atoms with Crippen LogP contribution in [0.2, 0.25) is 5.02 Å². The van der Waals surface area contributed by atoms with Crippen LogP contribution < -0.4 is 5.32 Å². The first-order valence-electron chi connectivity index (χ1n) is 9.55. The molecule has 0 aliphatic heterocycles. The van der Waals surface area contributed by atoms with Crippen molar-refractivity contribution in [1.29, 1.82) is 0 Å². The van der Waals surface area contributed by atoms with Crippen LogP contribution >= 0.6 is 11.6 Å². The summed E-state index contributed by atoms with van der Waals surface area (Å²) >= 11 is 6.20. The van der Waals surface area contributed by atoms with E-state index < -0.39 is 0 Å². The molecule has 4 rings (SSSR count). The van der Waals surface area contributed by atoms with Crippen molar-refractivity contribution in [2.45, 2.75) is 18.8 Å². The van der Waals surface area contributed by atoms with Gasteiger partial charge >= 0.3 is 0 Å². The van der Waals surface area contributed by atoms with Gasteiger partial charge in [-0.3, -0.25) is 9.78 Å². The summed E-state index contributed by atoms with van der Waals surface area (Å²) in [5.41, 5.74) is 3.77. The number of nitrogens with zero attached hydrogens (tertiary/aromatic N) is 3. The minimum Gasteiger partial charge on any atom is -0.356 e. The first-order valence-corrected chi connectivity index (χ1v) is 9.92. The highest BCUT2D eigenvalue weighted by Gasteiger charge is 2.21. The molecule has 29 heavy (non-hydrogen) atoms. The van der Waals surface area contributed by atoms with Crippen LogP contribution in [-0.4, -0.2) is 26.8 Å². The number of pyridine rings is 2. The third-order valence-electron chi connectivity index (χ3n) is 4.88. The Kier molecular flexibility index (Phi) is 5.86. The summed E-state index contributed by atoms with van der Waals surface area (Å²) in [6, 6.07) is 19.5. The van der Waals surface area contributed by atoms with Gasteiger partial charge in [-0.2, -0.15) is 0 Å². The van der Waals surface area contributed by atoms with Crippen LogP contribution in [0.25, 0.3) is 5.65 Å². The fraction of sp³-hybridized carbons (Fsp3) is 0.174. The average molecular weight is 405 g/mol. The van der Waals surface area contributed by atoms with Gasteiger partial charge in [0, 0.05) is 49.6 Å². The highest BCUT2D eigenvalue weighted by Crippen LogP contribution is 2.29. The van der Waals surface area contributed by atoms with Gasteiger partial charge in [0.1, 0.15) is 5.65 Å². The zero-order valence-electron chi connectivity index (χ0n) is 15.8. The van der Waals surface area contributed by atoms with Crippen LogP contribution in [-0.2, 0) is 11.2 Å². The highest BCUT2D eigenvalue weighted by atomic mass is 35.5. The van der Waals surface area contributed by atoms with Crippen molar-refractivity contribution in [3.05, 3.63) is 101 Å². The molecule has 3 aromatic heterocycles. The molecule has 146 valence electrons. The summed E-state index contributed by atoms with van der Waals surface area (Å²) in [5, 5.41) is 3.65. The van der Waals surface area contributed by atoms with Gasteiger partial charge in [0.15, 0.2) is 0 Å². The highest BCUT2D eigenvalue weighted by molar-refractivity contribution is 6.30. The largest absolute Gasteiger partial charge is 0.356 e. The van der Waals surface area contributed by atoms with Crippen LogP contribution in [0.3, 0.4) is 0 Å². The van der Waals surface area contributed by atoms with Gasteiger partial charge in [-0.1, -0.05) is 48.0 Å². The number of halogens is 1. The van der Waals surface area contributed by atoms with E-state index in [0.29, 0.717) is 24.4 Å². The van der Waals surface area contributed by atoms with Crippen LogP contribution in [0, 0.1) is 0 Å². The van der Waals surface area contributed by atoms with Crippen molar-refractivity contribution in [3.8, 4) is 0 Å². The number of nitrogens with one attached hydrogen (secondary N) is 1. The molecule has 0 saturated heterocycles. The summed E-state index contributed by atoms with van der Waals surface area (Å²) in [6.45, 7) is 0.552. The minimum atomic E-state index is -0.125. The van der Waals surface area contributed by atoms with Crippen LogP contribution in [0.5, 0.6) is 0 Å². The Hall–Kier alpha value is -3.18. The van der Waals surface area contributed by atoms with E-state index in [2.05, 4.69) is 15.3 Å². The van der Waals surface area contributed by atoms with Gasteiger partial charge < -0.3 is 9.72 Å². The van der Waals surface area contributed by atoms with Gasteiger partial charge in [-0.15, -0.1) is 0 Å². The third-order valence-corrected chi connectivity index (χ3v) is 5.10. The number of carbonyl (C=O) groups excluding carboxylic acids is 1. The second-order valence-electron chi connectivity index (χ2n) is 6.85. The second kappa shape index (κ2) is 8.88. The molecule has 0 radical (unpaired) electrons. The number of carbonyl (C=O) groups is 1. The second-order valence-corrected chi connectivity index (χ2v) is 7.28. The molecule has 5 nitrogen and oxygen atoms in total. The Bertz CT molecular complexity index is 1100. The Labute approximate surface area is 174 Å². The maximum Gasteiger partial charge on any atom is 0.221 e. The monoisotopic (exact) mass is 404 g/mol. The fourth-order valence-corrected chi connectivity index (χ4v) is 3.60. The number of benzene rings is 1. The van der Waals surface area contributed by atoms with Gasteiger partial charge in [0.2, 0.25) is 5.91 Å². The van der Waals surface area contributed by atoms with Gasteiger partial charge in [-0.05, 0) is 29.8 Å². The van der Waals surface area contributed by atoms with Crippen molar-refractivity contribution in [3.63, 3.8) is 0 Å². The number of aromatic nitrogens is 3. The van der Waals surface area contributed by atoms with Gasteiger partial charge in [0.05, 0.1) is 10.7 Å². The van der Waals surface area contributed by atoms with E-state index in [0.717, 1.165) is 22.6 Å². The molecule has 4 aromatic rings. The predicted octanol–water partition coefficient (Wildman–Crippen LogP) is 4.26. The van der Waals surface area contributed by atoms with E-state index in [-0.39, 0.29) is 11.8 Å². The molecule has 0 aliphatic rings. The minimum absolute atomic E-state index is 0.00763. The first-order chi connectivity index (χ1) is 14.2. The predicted molar refractivity (Wildman–Crippen MR) is 114 cm³/mol. The fourth-order valence-electron chi connectivity index (χ4n) is 3.44. The summed E-state index contributed by atoms with van der Waals surface area (Å²) in [4.78, 5) is 21.5. The molecular formula is C23H21ClN4O. The summed E-state index contributed by atoms with van der Waals surface area (Å²) in [5.74, 6) is -0.133. The Morgan fingerprint density at radius 1 is 1.03 bits per heavy atom. The lowest BCUT2D eigenvalue weighted by atomic mass is 9.92. The summed E-state index contributed by atoms with van der Waals surface area (Å²) in [6.07, 6.45) is 6.46. The third kappa shape index (κ3) is 4.63. The molecule has 1 atom stereocenters. The van der Waals surface area contributed by atoms with Crippen molar-refractivity contribution in [1.82, 2.24) is 19.7 Å². The van der Waals surface area contributed by atoms with E-state index in [9.17, 15) is 4.79 Å². The normalized spacial score (nSPS) is 12.0. The number of hydrogen-bond acceptors (Lipinski definition) is 3. The zero-order valence-corrected chi connectivity index (χ0v) is 16.6. The van der Waals surface area contributed by atoms with Crippen LogP contribution in [0.1, 0.15) is 29.3 Å². The Balaban J connectivity index is 1.53. The molecule has 0 bridgehead atoms. The molecule has 1 unspecified atom stereocenters. The number of hydrogen-bond donors (Lipinski definition) is 1. The van der Waals surface area contributed by atoms with E-state index in [1.165, 1.54) is 0 Å². The molecule has 0 fully saturated rings. The standard InChI is InChI=1S/C23H21ClN4O/c24-18-9-10-22-27-15-21(28(22)16-18)20(17-6-2-1-3-7-17)14-23(29)26-13-11-19-8-4-5-12-25-19/h1-10,12,15-16,20H,11,13-14H2,(H,26,29). The molecule has 0 saturated carbocycles. The maximum atomic E-state index is 12.7. The summed E-state index contributed by atoms with van der Waals surface area (Å²) < 4.78 is 1.96. The Morgan fingerprint density at radius 3 is 2.66 bits per heavy atom. The average Bonchev–Trinajstić information content (AvgIpc) is 3.16. The number of amides is 1. The molecule has 1 N–H and O–H groups in total. The molecule has 6 heteroatoms. The van der Waals surface area contributed by atoms with Crippen molar-refractivity contribution < 1.29 is 4.79 Å². The molecular weight excluding hydrogens is 384 g/mol. The topological polar surface area (TPSA) is 59.3 Å².